The number of likely N-dealkylation sites (tertiary alicyclic amines) is 2. The van der Waals surface area contributed by atoms with Crippen LogP contribution in [0, 0.1) is 69.0 Å². The van der Waals surface area contributed by atoms with Crippen molar-refractivity contribution in [2.45, 2.75) is 168 Å². The lowest BCUT2D eigenvalue weighted by atomic mass is 9.44. The van der Waals surface area contributed by atoms with Crippen molar-refractivity contribution in [3.8, 4) is 0 Å². The summed E-state index contributed by atoms with van der Waals surface area (Å²) in [6, 6.07) is -0.245. The van der Waals surface area contributed by atoms with Crippen LogP contribution in [0.3, 0.4) is 0 Å². The van der Waals surface area contributed by atoms with Gasteiger partial charge < -0.3 is 19.9 Å². The molecule has 8 saturated carbocycles. The second-order valence-corrected chi connectivity index (χ2v) is 22.8. The van der Waals surface area contributed by atoms with Gasteiger partial charge in [0.15, 0.2) is 0 Å². The molecule has 0 aromatic heterocycles. The molecular formula is C50H72N4O8. The smallest absolute Gasteiger partial charge is 0.331 e. The van der Waals surface area contributed by atoms with Gasteiger partial charge in [-0.05, 0) is 152 Å². The van der Waals surface area contributed by atoms with Gasteiger partial charge in [0.1, 0.15) is 23.8 Å². The molecule has 8 aliphatic carbocycles. The Kier molecular flexibility index (Phi) is 10.9. The predicted molar refractivity (Wildman–Crippen MR) is 232 cm³/mol. The zero-order valence-corrected chi connectivity index (χ0v) is 37.8. The van der Waals surface area contributed by atoms with Crippen LogP contribution in [0.2, 0.25) is 0 Å². The van der Waals surface area contributed by atoms with Gasteiger partial charge in [0, 0.05) is 71.3 Å². The van der Waals surface area contributed by atoms with Crippen LogP contribution >= 0.6 is 0 Å². The standard InChI is InChI=1S/C50H72N4O8/c1-47-21-19-33-29(31(47)13-15-41(47)55)9-11-35-45(37(53-23-5-6-24-53)27-39(51-59)49(33,35)3)61-43(57)17-18-44(58)62-46-36-12-10-30-32-14-16-42(56)48(32,2)22-20-34(30)50(36,4)40(52-60)28-38(46)54-25-7-8-26-54/h17-18,29-38,45-46,59-60H,5-16,19-28H2,1-4H3/b18-17+,51-39-,52-40-/t29-,30-,31-,32-,33+,34+,35?,36?,37?,38?,45?,46?,47-,48-,49+,50+/m0/s1. The molecule has 10 aliphatic rings. The first kappa shape index (κ1) is 42.8. The molecule has 10 rings (SSSR count). The van der Waals surface area contributed by atoms with E-state index in [1.807, 2.05) is 0 Å². The van der Waals surface area contributed by atoms with E-state index in [4.69, 9.17) is 9.47 Å². The number of fused-ring (bicyclic) bond motifs is 10. The number of carbonyl (C=O) groups excluding carboxylic acids is 4. The van der Waals surface area contributed by atoms with Crippen LogP contribution in [0.25, 0.3) is 0 Å². The third kappa shape index (κ3) is 6.30. The van der Waals surface area contributed by atoms with Crippen molar-refractivity contribution in [3.63, 3.8) is 0 Å². The normalized spacial score (nSPS) is 49.3. The first-order valence-electron chi connectivity index (χ1n) is 24.8. The summed E-state index contributed by atoms with van der Waals surface area (Å²) in [6.45, 7) is 12.5. The molecule has 2 aliphatic heterocycles. The number of oxime groups is 2. The second-order valence-electron chi connectivity index (χ2n) is 22.8. The molecule has 0 radical (unpaired) electrons. The molecule has 12 nitrogen and oxygen atoms in total. The molecule has 2 saturated heterocycles. The summed E-state index contributed by atoms with van der Waals surface area (Å²) in [5.41, 5.74) is 0.116. The van der Waals surface area contributed by atoms with Gasteiger partial charge in [0.05, 0.1) is 23.5 Å². The largest absolute Gasteiger partial charge is 0.457 e. The van der Waals surface area contributed by atoms with Gasteiger partial charge in [-0.1, -0.05) is 38.0 Å². The summed E-state index contributed by atoms with van der Waals surface area (Å²) in [4.78, 5) is 59.4. The van der Waals surface area contributed by atoms with E-state index in [0.717, 1.165) is 127 Å². The highest BCUT2D eigenvalue weighted by atomic mass is 16.6. The average molecular weight is 857 g/mol. The number of esters is 2. The van der Waals surface area contributed by atoms with E-state index in [1.165, 1.54) is 12.2 Å². The molecule has 12 heteroatoms. The van der Waals surface area contributed by atoms with Crippen molar-refractivity contribution < 1.29 is 39.1 Å². The van der Waals surface area contributed by atoms with Crippen molar-refractivity contribution >= 4 is 34.9 Å². The molecule has 0 aromatic carbocycles. The van der Waals surface area contributed by atoms with Gasteiger partial charge in [-0.2, -0.15) is 0 Å². The Morgan fingerprint density at radius 3 is 1.32 bits per heavy atom. The molecule has 2 N–H and O–H groups in total. The summed E-state index contributed by atoms with van der Waals surface area (Å²) in [7, 11) is 0. The molecule has 0 spiro atoms. The zero-order chi connectivity index (χ0) is 43.3. The van der Waals surface area contributed by atoms with Crippen LogP contribution in [0.4, 0.5) is 0 Å². The number of Topliss-reactive ketones (excluding diaryl/α,β-unsaturated/α-hetero) is 2. The first-order chi connectivity index (χ1) is 29.8. The minimum atomic E-state index is -0.557. The highest BCUT2D eigenvalue weighted by Crippen LogP contribution is 2.67. The van der Waals surface area contributed by atoms with Gasteiger partial charge in [0.25, 0.3) is 0 Å². The van der Waals surface area contributed by atoms with Crippen molar-refractivity contribution in [1.82, 2.24) is 9.80 Å². The second kappa shape index (κ2) is 15.8. The van der Waals surface area contributed by atoms with Crippen molar-refractivity contribution in [1.29, 1.82) is 0 Å². The molecule has 10 fully saturated rings. The van der Waals surface area contributed by atoms with E-state index < -0.39 is 35.0 Å². The van der Waals surface area contributed by atoms with Crippen LogP contribution in [-0.4, -0.2) is 106 Å². The van der Waals surface area contributed by atoms with E-state index in [2.05, 4.69) is 47.8 Å². The van der Waals surface area contributed by atoms with Crippen molar-refractivity contribution in [2.24, 2.45) is 79.3 Å². The summed E-state index contributed by atoms with van der Waals surface area (Å²) in [5, 5.41) is 29.5. The zero-order valence-electron chi connectivity index (χ0n) is 37.8. The van der Waals surface area contributed by atoms with E-state index in [1.54, 1.807) is 0 Å². The minimum absolute atomic E-state index is 0.0570. The Balaban J connectivity index is 0.892. The lowest BCUT2D eigenvalue weighted by Crippen LogP contribution is -2.65. The maximum atomic E-state index is 14.1. The van der Waals surface area contributed by atoms with Gasteiger partial charge in [-0.15, -0.1) is 0 Å². The van der Waals surface area contributed by atoms with E-state index in [0.29, 0.717) is 60.9 Å². The Bertz CT molecular complexity index is 1790. The predicted octanol–water partition coefficient (Wildman–Crippen LogP) is 7.62. The van der Waals surface area contributed by atoms with Crippen LogP contribution in [0.5, 0.6) is 0 Å². The maximum Gasteiger partial charge on any atom is 0.331 e. The van der Waals surface area contributed by atoms with Gasteiger partial charge in [-0.3, -0.25) is 19.4 Å². The molecule has 16 atom stereocenters. The third-order valence-electron chi connectivity index (χ3n) is 20.9. The number of ether oxygens (including phenoxy) is 2. The monoisotopic (exact) mass is 857 g/mol. The van der Waals surface area contributed by atoms with Crippen LogP contribution in [0.1, 0.15) is 143 Å². The van der Waals surface area contributed by atoms with E-state index >= 15 is 0 Å². The van der Waals surface area contributed by atoms with E-state index in [-0.39, 0.29) is 46.6 Å². The molecular weight excluding hydrogens is 785 g/mol. The molecule has 0 bridgehead atoms. The topological polar surface area (TPSA) is 158 Å². The van der Waals surface area contributed by atoms with E-state index in [9.17, 15) is 29.6 Å². The third-order valence-corrected chi connectivity index (χ3v) is 20.9. The first-order valence-corrected chi connectivity index (χ1v) is 24.8. The molecule has 340 valence electrons. The number of hydrogen-bond acceptors (Lipinski definition) is 12. The molecule has 0 aromatic rings. The Hall–Kier alpha value is -3.12. The number of nitrogens with zero attached hydrogens (tertiary/aromatic N) is 4. The van der Waals surface area contributed by atoms with Crippen molar-refractivity contribution in [2.75, 3.05) is 26.2 Å². The summed E-state index contributed by atoms with van der Waals surface area (Å²) < 4.78 is 13.2. The average Bonchev–Trinajstić information content (AvgIpc) is 4.09. The van der Waals surface area contributed by atoms with Crippen LogP contribution in [-0.2, 0) is 28.7 Å². The summed E-state index contributed by atoms with van der Waals surface area (Å²) >= 11 is 0. The van der Waals surface area contributed by atoms with Crippen LogP contribution in [0.15, 0.2) is 22.5 Å². The van der Waals surface area contributed by atoms with Gasteiger partial charge >= 0.3 is 11.9 Å². The van der Waals surface area contributed by atoms with Crippen molar-refractivity contribution in [3.05, 3.63) is 12.2 Å². The fraction of sp³-hybridized carbons (Fsp3) is 0.840. The summed E-state index contributed by atoms with van der Waals surface area (Å²) in [6.07, 6.45) is 17.2. The fourth-order valence-electron chi connectivity index (χ4n) is 17.7. The van der Waals surface area contributed by atoms with Gasteiger partial charge in [0.2, 0.25) is 0 Å². The lowest BCUT2D eigenvalue weighted by molar-refractivity contribution is -0.168. The lowest BCUT2D eigenvalue weighted by Gasteiger charge is -2.62. The minimum Gasteiger partial charge on any atom is -0.457 e. The molecule has 62 heavy (non-hydrogen) atoms. The maximum absolute atomic E-state index is 14.1. The molecule has 0 amide bonds. The SMILES string of the molecule is C[C@]12/C(=N\O)CC(N3CCCC3)C(OC(=O)/C=C/C(=O)OC3C(N4CCCC4)C/C(=N/O)[C@@]4(C)C3CC[C@@H]3[C@H]4CC[C@]4(C)C(=O)CC[C@@H]34)C1CC[C@@H]1[C@H]2CC[C@]2(C)C(=O)CC[C@@H]12. The Labute approximate surface area is 368 Å². The number of ketones is 2. The Morgan fingerprint density at radius 2 is 0.952 bits per heavy atom. The van der Waals surface area contributed by atoms with Crippen LogP contribution < -0.4 is 0 Å². The highest BCUT2D eigenvalue weighted by molar-refractivity contribution is 5.95. The number of hydrogen-bond donors (Lipinski definition) is 2. The fourth-order valence-corrected chi connectivity index (χ4v) is 17.7. The quantitative estimate of drug-likeness (QED) is 0.118. The molecule has 2 heterocycles. The number of rotatable bonds is 6. The highest BCUT2D eigenvalue weighted by Gasteiger charge is 2.67. The molecule has 6 unspecified atom stereocenters. The Morgan fingerprint density at radius 1 is 0.565 bits per heavy atom. The summed E-state index contributed by atoms with van der Waals surface area (Å²) in [5.74, 6) is 1.43. The number of carbonyl (C=O) groups is 4. The van der Waals surface area contributed by atoms with Gasteiger partial charge in [-0.25, -0.2) is 9.59 Å².